The van der Waals surface area contributed by atoms with E-state index in [-0.39, 0.29) is 10.7 Å². The maximum absolute atomic E-state index is 12.2. The van der Waals surface area contributed by atoms with Crippen molar-refractivity contribution in [3.05, 3.63) is 21.9 Å². The van der Waals surface area contributed by atoms with Gasteiger partial charge in [0.05, 0.1) is 10.9 Å². The summed E-state index contributed by atoms with van der Waals surface area (Å²) in [6.07, 6.45) is 3.50. The fraction of sp³-hybridized carbons (Fsp3) is 0.538. The average molecular weight is 280 g/mol. The fourth-order valence-electron chi connectivity index (χ4n) is 2.14. The number of hydrogen-bond acceptors (Lipinski definition) is 4. The smallest absolute Gasteiger partial charge is 0.263 e. The van der Waals surface area contributed by atoms with Crippen LogP contribution >= 0.6 is 23.1 Å². The van der Waals surface area contributed by atoms with Crippen molar-refractivity contribution < 1.29 is 4.79 Å². The van der Waals surface area contributed by atoms with E-state index in [9.17, 15) is 10.1 Å². The molecule has 0 aliphatic carbocycles. The first-order chi connectivity index (χ1) is 8.60. The molecule has 1 saturated heterocycles. The van der Waals surface area contributed by atoms with Crippen molar-refractivity contribution in [2.75, 3.05) is 19.3 Å². The molecule has 1 aromatic rings. The first-order valence-corrected chi connectivity index (χ1v) is 7.96. The summed E-state index contributed by atoms with van der Waals surface area (Å²) < 4.78 is -0.290. The lowest BCUT2D eigenvalue weighted by atomic mass is 9.97. The molecule has 0 atom stereocenters. The Morgan fingerprint density at radius 1 is 1.50 bits per heavy atom. The highest BCUT2D eigenvalue weighted by molar-refractivity contribution is 8.00. The number of aryl methyl sites for hydroxylation is 1. The minimum atomic E-state index is -0.290. The lowest BCUT2D eigenvalue weighted by molar-refractivity contribution is 0.0721. The highest BCUT2D eigenvalue weighted by Crippen LogP contribution is 2.34. The molecule has 0 unspecified atom stereocenters. The van der Waals surface area contributed by atoms with Crippen molar-refractivity contribution in [1.82, 2.24) is 4.90 Å². The van der Waals surface area contributed by atoms with Gasteiger partial charge in [-0.1, -0.05) is 0 Å². The quantitative estimate of drug-likeness (QED) is 0.836. The molecule has 1 aliphatic heterocycles. The molecular weight excluding hydrogens is 264 g/mol. The Hall–Kier alpha value is -0.990. The van der Waals surface area contributed by atoms with E-state index in [1.807, 2.05) is 30.2 Å². The van der Waals surface area contributed by atoms with Gasteiger partial charge in [0.1, 0.15) is 4.75 Å². The summed E-state index contributed by atoms with van der Waals surface area (Å²) in [6.45, 7) is 3.38. The van der Waals surface area contributed by atoms with Gasteiger partial charge in [0, 0.05) is 18.0 Å². The standard InChI is InChI=1S/C13H16N2OS2/c1-10-3-4-11(18-10)12(16)15-7-5-13(9-14,17-2)6-8-15/h3-4H,5-8H2,1-2H3. The number of likely N-dealkylation sites (tertiary alicyclic amines) is 1. The molecule has 0 N–H and O–H groups in total. The van der Waals surface area contributed by atoms with Gasteiger partial charge >= 0.3 is 0 Å². The van der Waals surface area contributed by atoms with Crippen molar-refractivity contribution in [2.45, 2.75) is 24.5 Å². The number of carbonyl (C=O) groups is 1. The third kappa shape index (κ3) is 2.55. The van der Waals surface area contributed by atoms with Gasteiger partial charge in [-0.15, -0.1) is 23.1 Å². The lowest BCUT2D eigenvalue weighted by Gasteiger charge is -2.35. The second-order valence-electron chi connectivity index (χ2n) is 4.51. The summed E-state index contributed by atoms with van der Waals surface area (Å²) in [5, 5.41) is 9.21. The maximum atomic E-state index is 12.2. The van der Waals surface area contributed by atoms with E-state index < -0.39 is 0 Å². The van der Waals surface area contributed by atoms with Crippen LogP contribution in [-0.4, -0.2) is 34.9 Å². The molecule has 1 aromatic heterocycles. The van der Waals surface area contributed by atoms with Crippen LogP contribution in [0.2, 0.25) is 0 Å². The molecule has 5 heteroatoms. The first kappa shape index (κ1) is 13.4. The van der Waals surface area contributed by atoms with Gasteiger partial charge in [-0.2, -0.15) is 5.26 Å². The zero-order valence-corrected chi connectivity index (χ0v) is 12.2. The van der Waals surface area contributed by atoms with Crippen molar-refractivity contribution >= 4 is 29.0 Å². The molecule has 2 heterocycles. The van der Waals surface area contributed by atoms with Gasteiger partial charge in [-0.25, -0.2) is 0 Å². The van der Waals surface area contributed by atoms with E-state index in [1.54, 1.807) is 11.8 Å². The predicted octanol–water partition coefficient (Wildman–Crippen LogP) is 2.92. The van der Waals surface area contributed by atoms with Crippen molar-refractivity contribution in [1.29, 1.82) is 5.26 Å². The molecule has 3 nitrogen and oxygen atoms in total. The van der Waals surface area contributed by atoms with Crippen LogP contribution in [0.5, 0.6) is 0 Å². The van der Waals surface area contributed by atoms with Crippen LogP contribution in [0.25, 0.3) is 0 Å². The number of hydrogen-bond donors (Lipinski definition) is 0. The molecule has 1 aliphatic rings. The van der Waals surface area contributed by atoms with Crippen LogP contribution < -0.4 is 0 Å². The van der Waals surface area contributed by atoms with Gasteiger partial charge in [0.25, 0.3) is 5.91 Å². The third-order valence-corrected chi connectivity index (χ3v) is 5.67. The summed E-state index contributed by atoms with van der Waals surface area (Å²) in [6, 6.07) is 6.27. The molecule has 1 fully saturated rings. The normalized spacial score (nSPS) is 18.4. The van der Waals surface area contributed by atoms with Gasteiger partial charge in [-0.05, 0) is 38.2 Å². The number of carbonyl (C=O) groups excluding carboxylic acids is 1. The number of nitrogens with zero attached hydrogens (tertiary/aromatic N) is 2. The van der Waals surface area contributed by atoms with Crippen molar-refractivity contribution in [2.24, 2.45) is 0 Å². The summed E-state index contributed by atoms with van der Waals surface area (Å²) in [5.41, 5.74) is 0. The van der Waals surface area contributed by atoms with E-state index in [4.69, 9.17) is 0 Å². The zero-order chi connectivity index (χ0) is 13.2. The molecule has 0 spiro atoms. The van der Waals surface area contributed by atoms with E-state index in [0.717, 1.165) is 22.6 Å². The van der Waals surface area contributed by atoms with E-state index in [2.05, 4.69) is 6.07 Å². The van der Waals surface area contributed by atoms with E-state index in [1.165, 1.54) is 11.3 Å². The maximum Gasteiger partial charge on any atom is 0.263 e. The number of nitriles is 1. The average Bonchev–Trinajstić information content (AvgIpc) is 2.85. The lowest BCUT2D eigenvalue weighted by Crippen LogP contribution is -2.44. The molecule has 0 aromatic carbocycles. The zero-order valence-electron chi connectivity index (χ0n) is 10.6. The number of thioether (sulfide) groups is 1. The minimum absolute atomic E-state index is 0.112. The Bertz CT molecular complexity index is 481. The summed E-state index contributed by atoms with van der Waals surface area (Å²) in [7, 11) is 0. The Morgan fingerprint density at radius 2 is 2.17 bits per heavy atom. The van der Waals surface area contributed by atoms with Gasteiger partial charge in [0.15, 0.2) is 0 Å². The van der Waals surface area contributed by atoms with Crippen molar-refractivity contribution in [3.8, 4) is 6.07 Å². The number of rotatable bonds is 2. The number of thiophene rings is 1. The summed E-state index contributed by atoms with van der Waals surface area (Å²) >= 11 is 3.15. The molecule has 96 valence electrons. The van der Waals surface area contributed by atoms with E-state index >= 15 is 0 Å². The summed E-state index contributed by atoms with van der Waals surface area (Å²) in [5.74, 6) is 0.112. The molecular formula is C13H16N2OS2. The summed E-state index contributed by atoms with van der Waals surface area (Å²) in [4.78, 5) is 16.1. The highest BCUT2D eigenvalue weighted by Gasteiger charge is 2.35. The molecule has 0 saturated carbocycles. The SMILES string of the molecule is CSC1(C#N)CCN(C(=O)c2ccc(C)s2)CC1. The Labute approximate surface area is 116 Å². The number of piperidine rings is 1. The molecule has 2 rings (SSSR count). The number of amides is 1. The van der Waals surface area contributed by atoms with E-state index in [0.29, 0.717) is 13.1 Å². The third-order valence-electron chi connectivity index (χ3n) is 3.40. The highest BCUT2D eigenvalue weighted by atomic mass is 32.2. The van der Waals surface area contributed by atoms with Crippen LogP contribution in [0.15, 0.2) is 12.1 Å². The van der Waals surface area contributed by atoms with Gasteiger partial charge in [-0.3, -0.25) is 4.79 Å². The molecule has 0 radical (unpaired) electrons. The molecule has 18 heavy (non-hydrogen) atoms. The van der Waals surface area contributed by atoms with Crippen LogP contribution in [0.1, 0.15) is 27.4 Å². The van der Waals surface area contributed by atoms with Gasteiger partial charge in [0.2, 0.25) is 0 Å². The van der Waals surface area contributed by atoms with Crippen LogP contribution in [0.4, 0.5) is 0 Å². The monoisotopic (exact) mass is 280 g/mol. The topological polar surface area (TPSA) is 44.1 Å². The first-order valence-electron chi connectivity index (χ1n) is 5.92. The second-order valence-corrected chi connectivity index (χ2v) is 6.99. The Morgan fingerprint density at radius 3 is 2.61 bits per heavy atom. The largest absolute Gasteiger partial charge is 0.338 e. The van der Waals surface area contributed by atoms with Gasteiger partial charge < -0.3 is 4.90 Å². The van der Waals surface area contributed by atoms with Crippen LogP contribution in [0.3, 0.4) is 0 Å². The minimum Gasteiger partial charge on any atom is -0.338 e. The Balaban J connectivity index is 2.02. The molecule has 0 bridgehead atoms. The second kappa shape index (κ2) is 5.33. The predicted molar refractivity (Wildman–Crippen MR) is 76.1 cm³/mol. The fourth-order valence-corrected chi connectivity index (χ4v) is 3.66. The Kier molecular flexibility index (Phi) is 3.98. The van der Waals surface area contributed by atoms with Crippen LogP contribution in [0, 0.1) is 18.3 Å². The molecule has 1 amide bonds. The van der Waals surface area contributed by atoms with Crippen LogP contribution in [-0.2, 0) is 0 Å². The van der Waals surface area contributed by atoms with Crippen molar-refractivity contribution in [3.63, 3.8) is 0 Å².